The summed E-state index contributed by atoms with van der Waals surface area (Å²) in [5.74, 6) is 0.923. The van der Waals surface area contributed by atoms with Gasteiger partial charge in [-0.1, -0.05) is 0 Å². The predicted molar refractivity (Wildman–Crippen MR) is 84.2 cm³/mol. The van der Waals surface area contributed by atoms with Gasteiger partial charge in [0.05, 0.1) is 12.2 Å². The summed E-state index contributed by atoms with van der Waals surface area (Å²) < 4.78 is 18.3. The lowest BCUT2D eigenvalue weighted by Gasteiger charge is -2.05. The Labute approximate surface area is 134 Å². The molecular weight excluding hydrogens is 297 g/mol. The molecule has 1 fully saturated rings. The van der Waals surface area contributed by atoms with Crippen molar-refractivity contribution in [2.75, 3.05) is 19.6 Å². The monoisotopic (exact) mass is 317 g/mol. The van der Waals surface area contributed by atoms with Crippen molar-refractivity contribution >= 4 is 5.91 Å². The highest BCUT2D eigenvalue weighted by Crippen LogP contribution is 2.27. The first-order valence-electron chi connectivity index (χ1n) is 7.88. The summed E-state index contributed by atoms with van der Waals surface area (Å²) in [7, 11) is 0. The van der Waals surface area contributed by atoms with Crippen molar-refractivity contribution in [1.29, 1.82) is 0 Å². The molecule has 1 heterocycles. The molecule has 0 aliphatic heterocycles. The minimum Gasteiger partial charge on any atom is -0.444 e. The third-order valence-corrected chi connectivity index (χ3v) is 3.76. The Kier molecular flexibility index (Phi) is 5.02. The summed E-state index contributed by atoms with van der Waals surface area (Å²) in [5, 5.41) is 6.00. The van der Waals surface area contributed by atoms with E-state index in [-0.39, 0.29) is 11.7 Å². The Morgan fingerprint density at radius 2 is 2.09 bits per heavy atom. The van der Waals surface area contributed by atoms with Gasteiger partial charge in [0, 0.05) is 18.5 Å². The average molecular weight is 317 g/mol. The molecule has 1 amide bonds. The molecule has 0 saturated heterocycles. The van der Waals surface area contributed by atoms with Gasteiger partial charge < -0.3 is 15.1 Å². The fraction of sp³-hybridized carbons (Fsp3) is 0.412. The highest BCUT2D eigenvalue weighted by atomic mass is 19.1. The van der Waals surface area contributed by atoms with Crippen LogP contribution in [0.5, 0.6) is 0 Å². The number of carbonyl (C=O) groups excluding carboxylic acids is 1. The van der Waals surface area contributed by atoms with Gasteiger partial charge >= 0.3 is 0 Å². The lowest BCUT2D eigenvalue weighted by Crippen LogP contribution is -2.35. The lowest BCUT2D eigenvalue weighted by atomic mass is 10.2. The van der Waals surface area contributed by atoms with Crippen LogP contribution >= 0.6 is 0 Å². The molecule has 0 radical (unpaired) electrons. The quantitative estimate of drug-likeness (QED) is 0.783. The van der Waals surface area contributed by atoms with Crippen LogP contribution < -0.4 is 10.6 Å². The zero-order chi connectivity index (χ0) is 16.1. The second-order valence-corrected chi connectivity index (χ2v) is 5.83. The zero-order valence-electron chi connectivity index (χ0n) is 12.8. The number of hydrogen-bond acceptors (Lipinski definition) is 4. The van der Waals surface area contributed by atoms with Gasteiger partial charge in [0.15, 0.2) is 0 Å². The van der Waals surface area contributed by atoms with Gasteiger partial charge in [-0.15, -0.1) is 0 Å². The number of carbonyl (C=O) groups is 1. The average Bonchev–Trinajstić information content (AvgIpc) is 3.25. The minimum absolute atomic E-state index is 0.00657. The second-order valence-electron chi connectivity index (χ2n) is 5.83. The predicted octanol–water partition coefficient (Wildman–Crippen LogP) is 2.14. The summed E-state index contributed by atoms with van der Waals surface area (Å²) in [6.45, 7) is 1.80. The molecule has 0 spiro atoms. The number of amides is 1. The van der Waals surface area contributed by atoms with Crippen molar-refractivity contribution in [3.05, 3.63) is 42.0 Å². The molecule has 23 heavy (non-hydrogen) atoms. The molecule has 1 saturated carbocycles. The standard InChI is InChI=1S/C17H20FN3O2/c18-14-5-3-13(4-6-14)17-21-15(11-23-17)7-8-20-16(22)10-19-9-12-1-2-12/h3-6,11-12,19H,1-2,7-10H2,(H,20,22). The number of nitrogens with zero attached hydrogens (tertiary/aromatic N) is 1. The molecule has 0 atom stereocenters. The van der Waals surface area contributed by atoms with E-state index in [1.165, 1.54) is 25.0 Å². The van der Waals surface area contributed by atoms with Crippen molar-refractivity contribution in [2.45, 2.75) is 19.3 Å². The topological polar surface area (TPSA) is 67.2 Å². The van der Waals surface area contributed by atoms with Crippen LogP contribution in [0.15, 0.2) is 34.9 Å². The molecule has 6 heteroatoms. The van der Waals surface area contributed by atoms with Crippen molar-refractivity contribution in [3.63, 3.8) is 0 Å². The SMILES string of the molecule is O=C(CNCC1CC1)NCCc1coc(-c2ccc(F)cc2)n1. The number of aromatic nitrogens is 1. The second kappa shape index (κ2) is 7.37. The van der Waals surface area contributed by atoms with Gasteiger partial charge in [-0.3, -0.25) is 4.79 Å². The largest absolute Gasteiger partial charge is 0.444 e. The van der Waals surface area contributed by atoms with Crippen molar-refractivity contribution in [3.8, 4) is 11.5 Å². The first kappa shape index (κ1) is 15.7. The third-order valence-electron chi connectivity index (χ3n) is 3.76. The molecule has 1 aliphatic rings. The van der Waals surface area contributed by atoms with E-state index in [0.29, 0.717) is 25.4 Å². The number of halogens is 1. The van der Waals surface area contributed by atoms with Crippen LogP contribution in [0.2, 0.25) is 0 Å². The molecule has 0 bridgehead atoms. The van der Waals surface area contributed by atoms with Crippen LogP contribution in [-0.2, 0) is 11.2 Å². The number of benzene rings is 1. The van der Waals surface area contributed by atoms with Crippen LogP contribution in [0, 0.1) is 11.7 Å². The number of hydrogen-bond donors (Lipinski definition) is 2. The fourth-order valence-electron chi connectivity index (χ4n) is 2.25. The van der Waals surface area contributed by atoms with Crippen LogP contribution in [-0.4, -0.2) is 30.5 Å². The van der Waals surface area contributed by atoms with E-state index < -0.39 is 0 Å². The Morgan fingerprint density at radius 3 is 2.83 bits per heavy atom. The van der Waals surface area contributed by atoms with Crippen molar-refractivity contribution in [2.24, 2.45) is 5.92 Å². The number of oxazole rings is 1. The van der Waals surface area contributed by atoms with Gasteiger partial charge in [0.1, 0.15) is 12.1 Å². The first-order valence-corrected chi connectivity index (χ1v) is 7.88. The molecule has 1 aliphatic carbocycles. The maximum absolute atomic E-state index is 12.9. The summed E-state index contributed by atoms with van der Waals surface area (Å²) in [4.78, 5) is 16.0. The summed E-state index contributed by atoms with van der Waals surface area (Å²) >= 11 is 0. The molecule has 1 aromatic heterocycles. The zero-order valence-corrected chi connectivity index (χ0v) is 12.8. The highest BCUT2D eigenvalue weighted by Gasteiger charge is 2.20. The summed E-state index contributed by atoms with van der Waals surface area (Å²) in [6, 6.07) is 5.98. The van der Waals surface area contributed by atoms with Crippen LogP contribution in [0.25, 0.3) is 11.5 Å². The van der Waals surface area contributed by atoms with Gasteiger partial charge in [-0.2, -0.15) is 0 Å². The smallest absolute Gasteiger partial charge is 0.233 e. The molecule has 0 unspecified atom stereocenters. The van der Waals surface area contributed by atoms with E-state index in [1.54, 1.807) is 18.4 Å². The Bertz CT molecular complexity index is 650. The summed E-state index contributed by atoms with van der Waals surface area (Å²) in [6.07, 6.45) is 4.71. The van der Waals surface area contributed by atoms with Crippen LogP contribution in [0.1, 0.15) is 18.5 Å². The molecule has 1 aromatic carbocycles. The molecule has 2 aromatic rings. The fourth-order valence-corrected chi connectivity index (χ4v) is 2.25. The molecular formula is C17H20FN3O2. The Morgan fingerprint density at radius 1 is 1.30 bits per heavy atom. The van der Waals surface area contributed by atoms with Gasteiger partial charge in [0.25, 0.3) is 0 Å². The molecule has 3 rings (SSSR count). The number of rotatable bonds is 8. The maximum Gasteiger partial charge on any atom is 0.233 e. The lowest BCUT2D eigenvalue weighted by molar-refractivity contribution is -0.120. The summed E-state index contributed by atoms with van der Waals surface area (Å²) in [5.41, 5.74) is 1.49. The van der Waals surface area contributed by atoms with Gasteiger partial charge in [-0.25, -0.2) is 9.37 Å². The van der Waals surface area contributed by atoms with Crippen molar-refractivity contribution < 1.29 is 13.6 Å². The van der Waals surface area contributed by atoms with E-state index in [2.05, 4.69) is 15.6 Å². The van der Waals surface area contributed by atoms with Gasteiger partial charge in [0.2, 0.25) is 11.8 Å². The minimum atomic E-state index is -0.293. The van der Waals surface area contributed by atoms with Gasteiger partial charge in [-0.05, 0) is 49.6 Å². The third kappa shape index (κ3) is 4.89. The normalized spacial score (nSPS) is 14.0. The molecule has 5 nitrogen and oxygen atoms in total. The Hall–Kier alpha value is -2.21. The van der Waals surface area contributed by atoms with E-state index in [9.17, 15) is 9.18 Å². The number of nitrogens with one attached hydrogen (secondary N) is 2. The molecule has 2 N–H and O–H groups in total. The van der Waals surface area contributed by atoms with E-state index >= 15 is 0 Å². The highest BCUT2D eigenvalue weighted by molar-refractivity contribution is 5.77. The van der Waals surface area contributed by atoms with E-state index in [1.807, 2.05) is 0 Å². The van der Waals surface area contributed by atoms with Crippen LogP contribution in [0.3, 0.4) is 0 Å². The Balaban J connectivity index is 1.40. The van der Waals surface area contributed by atoms with E-state index in [0.717, 1.165) is 23.7 Å². The molecule has 122 valence electrons. The van der Waals surface area contributed by atoms with E-state index in [4.69, 9.17) is 4.42 Å². The van der Waals surface area contributed by atoms with Crippen LogP contribution in [0.4, 0.5) is 4.39 Å². The van der Waals surface area contributed by atoms with Crippen molar-refractivity contribution in [1.82, 2.24) is 15.6 Å². The maximum atomic E-state index is 12.9. The first-order chi connectivity index (χ1) is 11.2.